The van der Waals surface area contributed by atoms with Crippen molar-refractivity contribution in [3.63, 3.8) is 0 Å². The van der Waals surface area contributed by atoms with Gasteiger partial charge in [0.2, 0.25) is 11.8 Å². The Kier molecular flexibility index (Phi) is 5.15. The molecule has 1 saturated heterocycles. The molecule has 86 valence electrons. The summed E-state index contributed by atoms with van der Waals surface area (Å²) >= 11 is 0. The number of rotatable bonds is 4. The maximum atomic E-state index is 11.6. The highest BCUT2D eigenvalue weighted by molar-refractivity contribution is 5.84. The summed E-state index contributed by atoms with van der Waals surface area (Å²) in [4.78, 5) is 24.7. The van der Waals surface area contributed by atoms with E-state index in [1.807, 2.05) is 6.92 Å². The van der Waals surface area contributed by atoms with Gasteiger partial charge < -0.3 is 10.2 Å². The maximum absolute atomic E-state index is 11.6. The Balaban J connectivity index is 2.34. The van der Waals surface area contributed by atoms with Crippen molar-refractivity contribution in [3.05, 3.63) is 0 Å². The van der Waals surface area contributed by atoms with E-state index in [2.05, 4.69) is 5.32 Å². The average molecular weight is 212 g/mol. The Bertz CT molecular complexity index is 229. The van der Waals surface area contributed by atoms with Crippen molar-refractivity contribution in [1.82, 2.24) is 10.2 Å². The van der Waals surface area contributed by atoms with Crippen LogP contribution in [0.2, 0.25) is 0 Å². The molecule has 0 radical (unpaired) electrons. The fraction of sp³-hybridized carbons (Fsp3) is 0.818. The van der Waals surface area contributed by atoms with Gasteiger partial charge in [-0.3, -0.25) is 9.59 Å². The lowest BCUT2D eigenvalue weighted by Gasteiger charge is -2.19. The van der Waals surface area contributed by atoms with Crippen LogP contribution >= 0.6 is 0 Å². The SMILES string of the molecule is CCCNC(=O)CN1CCCCCC1=O. The van der Waals surface area contributed by atoms with Crippen LogP contribution in [0.3, 0.4) is 0 Å². The number of hydrogen-bond donors (Lipinski definition) is 1. The molecule has 0 spiro atoms. The van der Waals surface area contributed by atoms with Crippen molar-refractivity contribution < 1.29 is 9.59 Å². The highest BCUT2D eigenvalue weighted by atomic mass is 16.2. The van der Waals surface area contributed by atoms with E-state index in [1.165, 1.54) is 0 Å². The zero-order valence-corrected chi connectivity index (χ0v) is 9.42. The second-order valence-electron chi connectivity index (χ2n) is 3.98. The summed E-state index contributed by atoms with van der Waals surface area (Å²) in [6, 6.07) is 0. The van der Waals surface area contributed by atoms with Crippen LogP contribution in [-0.2, 0) is 9.59 Å². The third kappa shape index (κ3) is 4.32. The normalized spacial score (nSPS) is 17.4. The summed E-state index contributed by atoms with van der Waals surface area (Å²) in [7, 11) is 0. The Labute approximate surface area is 91.0 Å². The molecular weight excluding hydrogens is 192 g/mol. The first-order valence-corrected chi connectivity index (χ1v) is 5.78. The second-order valence-corrected chi connectivity index (χ2v) is 3.98. The maximum Gasteiger partial charge on any atom is 0.239 e. The number of amides is 2. The van der Waals surface area contributed by atoms with Crippen LogP contribution in [0, 0.1) is 0 Å². The summed E-state index contributed by atoms with van der Waals surface area (Å²) in [5.41, 5.74) is 0. The van der Waals surface area contributed by atoms with Crippen LogP contribution in [-0.4, -0.2) is 36.3 Å². The summed E-state index contributed by atoms with van der Waals surface area (Å²) in [6.45, 7) is 3.68. The molecule has 0 aromatic carbocycles. The number of likely N-dealkylation sites (tertiary alicyclic amines) is 1. The average Bonchev–Trinajstić information content (AvgIpc) is 2.42. The summed E-state index contributed by atoms with van der Waals surface area (Å²) in [6.07, 6.45) is 4.61. The van der Waals surface area contributed by atoms with Crippen molar-refractivity contribution in [1.29, 1.82) is 0 Å². The van der Waals surface area contributed by atoms with Crippen molar-refractivity contribution in [2.24, 2.45) is 0 Å². The molecule has 0 aliphatic carbocycles. The molecule has 0 atom stereocenters. The molecule has 0 bridgehead atoms. The van der Waals surface area contributed by atoms with E-state index in [0.29, 0.717) is 13.0 Å². The first-order chi connectivity index (χ1) is 7.24. The van der Waals surface area contributed by atoms with Gasteiger partial charge in [-0.2, -0.15) is 0 Å². The van der Waals surface area contributed by atoms with Gasteiger partial charge in [0, 0.05) is 19.5 Å². The highest BCUT2D eigenvalue weighted by Gasteiger charge is 2.18. The number of carbonyl (C=O) groups is 2. The van der Waals surface area contributed by atoms with Crippen LogP contribution in [0.4, 0.5) is 0 Å². The van der Waals surface area contributed by atoms with Crippen molar-refractivity contribution >= 4 is 11.8 Å². The van der Waals surface area contributed by atoms with Gasteiger partial charge in [0.1, 0.15) is 0 Å². The largest absolute Gasteiger partial charge is 0.355 e. The van der Waals surface area contributed by atoms with Gasteiger partial charge in [0.05, 0.1) is 6.54 Å². The number of hydrogen-bond acceptors (Lipinski definition) is 2. The first kappa shape index (κ1) is 12.0. The lowest BCUT2D eigenvalue weighted by atomic mass is 10.2. The molecule has 0 saturated carbocycles. The number of nitrogens with zero attached hydrogens (tertiary/aromatic N) is 1. The number of carbonyl (C=O) groups excluding carboxylic acids is 2. The smallest absolute Gasteiger partial charge is 0.239 e. The Hall–Kier alpha value is -1.06. The van der Waals surface area contributed by atoms with E-state index in [4.69, 9.17) is 0 Å². The van der Waals surface area contributed by atoms with E-state index in [0.717, 1.165) is 32.2 Å². The van der Waals surface area contributed by atoms with E-state index >= 15 is 0 Å². The third-order valence-corrected chi connectivity index (χ3v) is 2.58. The molecule has 0 aromatic rings. The minimum Gasteiger partial charge on any atom is -0.355 e. The van der Waals surface area contributed by atoms with Gasteiger partial charge in [-0.25, -0.2) is 0 Å². The quantitative estimate of drug-likeness (QED) is 0.753. The van der Waals surface area contributed by atoms with Crippen LogP contribution in [0.5, 0.6) is 0 Å². The highest BCUT2D eigenvalue weighted by Crippen LogP contribution is 2.10. The molecule has 1 rings (SSSR count). The van der Waals surface area contributed by atoms with E-state index in [1.54, 1.807) is 4.90 Å². The fourth-order valence-electron chi connectivity index (χ4n) is 1.70. The molecule has 1 heterocycles. The summed E-state index contributed by atoms with van der Waals surface area (Å²) < 4.78 is 0. The monoisotopic (exact) mass is 212 g/mol. The predicted octanol–water partition coefficient (Wildman–Crippen LogP) is 0.915. The molecule has 0 unspecified atom stereocenters. The molecular formula is C11H20N2O2. The van der Waals surface area contributed by atoms with Crippen LogP contribution in [0.15, 0.2) is 0 Å². The molecule has 1 fully saturated rings. The second kappa shape index (κ2) is 6.43. The molecule has 0 aromatic heterocycles. The van der Waals surface area contributed by atoms with Gasteiger partial charge in [0.15, 0.2) is 0 Å². The van der Waals surface area contributed by atoms with Crippen LogP contribution in [0.25, 0.3) is 0 Å². The molecule has 1 N–H and O–H groups in total. The molecule has 1 aliphatic heterocycles. The van der Waals surface area contributed by atoms with Crippen LogP contribution < -0.4 is 5.32 Å². The lowest BCUT2D eigenvalue weighted by Crippen LogP contribution is -2.40. The summed E-state index contributed by atoms with van der Waals surface area (Å²) in [5.74, 6) is 0.0891. The zero-order valence-electron chi connectivity index (χ0n) is 9.42. The fourth-order valence-corrected chi connectivity index (χ4v) is 1.70. The van der Waals surface area contributed by atoms with Gasteiger partial charge in [-0.05, 0) is 19.3 Å². The Morgan fingerprint density at radius 2 is 2.20 bits per heavy atom. The third-order valence-electron chi connectivity index (χ3n) is 2.58. The molecule has 4 heteroatoms. The minimum absolute atomic E-state index is 0.0351. The van der Waals surface area contributed by atoms with Crippen molar-refractivity contribution in [2.45, 2.75) is 39.0 Å². The van der Waals surface area contributed by atoms with Gasteiger partial charge in [0.25, 0.3) is 0 Å². The first-order valence-electron chi connectivity index (χ1n) is 5.78. The predicted molar refractivity (Wildman–Crippen MR) is 58.3 cm³/mol. The van der Waals surface area contributed by atoms with Crippen LogP contribution in [0.1, 0.15) is 39.0 Å². The molecule has 1 aliphatic rings. The number of nitrogens with one attached hydrogen (secondary N) is 1. The van der Waals surface area contributed by atoms with Crippen molar-refractivity contribution in [2.75, 3.05) is 19.6 Å². The van der Waals surface area contributed by atoms with Gasteiger partial charge in [-0.1, -0.05) is 13.3 Å². The van der Waals surface area contributed by atoms with E-state index in [-0.39, 0.29) is 18.4 Å². The molecule has 2 amide bonds. The molecule has 15 heavy (non-hydrogen) atoms. The van der Waals surface area contributed by atoms with E-state index in [9.17, 15) is 9.59 Å². The minimum atomic E-state index is -0.0351. The standard InChI is InChI=1S/C11H20N2O2/c1-2-7-12-10(14)9-13-8-5-3-4-6-11(13)15/h2-9H2,1H3,(H,12,14). The van der Waals surface area contributed by atoms with Gasteiger partial charge in [-0.15, -0.1) is 0 Å². The Morgan fingerprint density at radius 3 is 2.93 bits per heavy atom. The topological polar surface area (TPSA) is 49.4 Å². The summed E-state index contributed by atoms with van der Waals surface area (Å²) in [5, 5.41) is 2.79. The Morgan fingerprint density at radius 1 is 1.40 bits per heavy atom. The zero-order chi connectivity index (χ0) is 11.1. The lowest BCUT2D eigenvalue weighted by molar-refractivity contribution is -0.135. The van der Waals surface area contributed by atoms with Crippen molar-refractivity contribution in [3.8, 4) is 0 Å². The van der Waals surface area contributed by atoms with E-state index < -0.39 is 0 Å². The van der Waals surface area contributed by atoms with Gasteiger partial charge >= 0.3 is 0 Å². The molecule has 4 nitrogen and oxygen atoms in total.